The van der Waals surface area contributed by atoms with Gasteiger partial charge < -0.3 is 24.8 Å². The number of hydrogen-bond acceptors (Lipinski definition) is 8. The van der Waals surface area contributed by atoms with Crippen molar-refractivity contribution in [1.29, 1.82) is 0 Å². The van der Waals surface area contributed by atoms with Gasteiger partial charge in [0.1, 0.15) is 12.1 Å². The minimum Gasteiger partial charge on any atom is -0.481 e. The van der Waals surface area contributed by atoms with Crippen LogP contribution in [0.2, 0.25) is 0 Å². The fraction of sp³-hybridized carbons (Fsp3) is 0.429. The van der Waals surface area contributed by atoms with Crippen molar-refractivity contribution in [2.24, 2.45) is 18.1 Å². The minimum absolute atomic E-state index is 0.0152. The fourth-order valence-corrected chi connectivity index (χ4v) is 3.08. The summed E-state index contributed by atoms with van der Waals surface area (Å²) >= 11 is 1.37. The van der Waals surface area contributed by atoms with Crippen LogP contribution < -0.4 is 10.7 Å². The van der Waals surface area contributed by atoms with Gasteiger partial charge in [0.2, 0.25) is 0 Å². The maximum absolute atomic E-state index is 11.0. The van der Waals surface area contributed by atoms with Gasteiger partial charge in [-0.15, -0.1) is 10.2 Å². The zero-order chi connectivity index (χ0) is 16.9. The number of aromatic nitrogens is 3. The molecule has 24 heavy (non-hydrogen) atoms. The number of nitrogens with one attached hydrogen (secondary N) is 2. The van der Waals surface area contributed by atoms with E-state index in [4.69, 9.17) is 9.52 Å². The second-order valence-electron chi connectivity index (χ2n) is 5.50. The number of hydrogen-bond donors (Lipinski definition) is 3. The average Bonchev–Trinajstić information content (AvgIpc) is 3.18. The number of hydrazone groups is 1. The van der Waals surface area contributed by atoms with Crippen LogP contribution in [0.15, 0.2) is 38.2 Å². The van der Waals surface area contributed by atoms with Gasteiger partial charge in [-0.25, -0.2) is 0 Å². The molecule has 0 unspecified atom stereocenters. The molecule has 9 nitrogen and oxygen atoms in total. The molecular weight excluding hydrogens is 332 g/mol. The Labute approximate surface area is 142 Å². The lowest BCUT2D eigenvalue weighted by Gasteiger charge is -2.26. The molecule has 0 radical (unpaired) electrons. The van der Waals surface area contributed by atoms with Crippen molar-refractivity contribution in [2.75, 3.05) is 13.1 Å². The van der Waals surface area contributed by atoms with Crippen molar-refractivity contribution in [3.8, 4) is 0 Å². The van der Waals surface area contributed by atoms with Crippen molar-refractivity contribution < 1.29 is 14.3 Å². The highest BCUT2D eigenvalue weighted by Crippen LogP contribution is 2.26. The molecule has 1 aliphatic rings. The summed E-state index contributed by atoms with van der Waals surface area (Å²) in [6.07, 6.45) is 3.75. The maximum atomic E-state index is 11.0. The summed E-state index contributed by atoms with van der Waals surface area (Å²) in [6.45, 7) is 1.19. The first-order valence-corrected chi connectivity index (χ1v) is 8.27. The van der Waals surface area contributed by atoms with E-state index < -0.39 is 5.97 Å². The quantitative estimate of drug-likeness (QED) is 0.510. The average molecular weight is 350 g/mol. The Morgan fingerprint density at radius 1 is 1.58 bits per heavy atom. The molecule has 3 N–H and O–H groups in total. The number of carboxylic acid groups (broad SMARTS) is 1. The summed E-state index contributed by atoms with van der Waals surface area (Å²) in [6, 6.07) is 3.63. The number of aliphatic carboxylic acids is 1. The Morgan fingerprint density at radius 3 is 3.21 bits per heavy atom. The van der Waals surface area contributed by atoms with Crippen LogP contribution in [0.1, 0.15) is 12.2 Å². The topological polar surface area (TPSA) is 118 Å². The zero-order valence-corrected chi connectivity index (χ0v) is 13.9. The smallest absolute Gasteiger partial charge is 0.307 e. The molecule has 2 aromatic heterocycles. The molecule has 0 spiro atoms. The molecule has 0 aliphatic carbocycles. The Kier molecular flexibility index (Phi) is 5.16. The molecule has 0 saturated carbocycles. The largest absolute Gasteiger partial charge is 0.481 e. The Balaban J connectivity index is 1.52. The monoisotopic (exact) mass is 350 g/mol. The van der Waals surface area contributed by atoms with E-state index in [1.807, 2.05) is 19.2 Å². The lowest BCUT2D eigenvalue weighted by Crippen LogP contribution is -2.47. The summed E-state index contributed by atoms with van der Waals surface area (Å²) in [5.74, 6) is -0.565. The third-order valence-electron chi connectivity index (χ3n) is 3.61. The molecule has 128 valence electrons. The van der Waals surface area contributed by atoms with Crippen molar-refractivity contribution in [1.82, 2.24) is 25.5 Å². The van der Waals surface area contributed by atoms with Crippen LogP contribution in [-0.2, 0) is 11.8 Å². The summed E-state index contributed by atoms with van der Waals surface area (Å²) in [5.41, 5.74) is 2.97. The van der Waals surface area contributed by atoms with Crippen molar-refractivity contribution in [3.63, 3.8) is 0 Å². The summed E-state index contributed by atoms with van der Waals surface area (Å²) in [4.78, 5) is 11.0. The standard InChI is InChI=1S/C14H18N6O3S/c1-20-8-17-19-14(20)24-12-3-2-11(23-12)7-16-18-10-4-9(13(21)22)5-15-6-10/h2-3,7-10,15,18H,4-6H2,1H3,(H,21,22)/b16-7+/t9-,10+/m1/s1. The van der Waals surface area contributed by atoms with E-state index in [1.165, 1.54) is 11.8 Å². The van der Waals surface area contributed by atoms with Crippen LogP contribution >= 0.6 is 11.8 Å². The molecule has 2 aromatic rings. The predicted molar refractivity (Wildman–Crippen MR) is 87.0 cm³/mol. The second kappa shape index (κ2) is 7.49. The number of rotatable bonds is 6. The van der Waals surface area contributed by atoms with E-state index >= 15 is 0 Å². The van der Waals surface area contributed by atoms with Gasteiger partial charge in [-0.2, -0.15) is 5.10 Å². The SMILES string of the molecule is Cn1cnnc1Sc1ccc(/C=N/N[C@@H]2CNC[C@H](C(=O)O)C2)o1. The van der Waals surface area contributed by atoms with Crippen LogP contribution in [-0.4, -0.2) is 51.2 Å². The fourth-order valence-electron chi connectivity index (χ4n) is 2.35. The summed E-state index contributed by atoms with van der Waals surface area (Å²) < 4.78 is 7.45. The number of furan rings is 1. The molecule has 10 heteroatoms. The summed E-state index contributed by atoms with van der Waals surface area (Å²) in [7, 11) is 1.86. The van der Waals surface area contributed by atoms with Gasteiger partial charge in [-0.05, 0) is 30.3 Å². The number of carboxylic acids is 1. The van der Waals surface area contributed by atoms with Gasteiger partial charge in [0.15, 0.2) is 10.2 Å². The molecule has 3 rings (SSSR count). The molecule has 3 heterocycles. The molecule has 1 aliphatic heterocycles. The normalized spacial score (nSPS) is 21.2. The van der Waals surface area contributed by atoms with Gasteiger partial charge in [0.25, 0.3) is 0 Å². The highest BCUT2D eigenvalue weighted by molar-refractivity contribution is 7.99. The number of nitrogens with zero attached hydrogens (tertiary/aromatic N) is 4. The van der Waals surface area contributed by atoms with E-state index in [0.717, 1.165) is 5.16 Å². The van der Waals surface area contributed by atoms with Crippen molar-refractivity contribution in [2.45, 2.75) is 22.7 Å². The first-order valence-electron chi connectivity index (χ1n) is 7.45. The molecule has 1 saturated heterocycles. The van der Waals surface area contributed by atoms with E-state index in [-0.39, 0.29) is 12.0 Å². The third-order valence-corrected chi connectivity index (χ3v) is 4.59. The maximum Gasteiger partial charge on any atom is 0.307 e. The van der Waals surface area contributed by atoms with Crippen LogP contribution in [0.3, 0.4) is 0 Å². The lowest BCUT2D eigenvalue weighted by molar-refractivity contribution is -0.142. The van der Waals surface area contributed by atoms with Crippen LogP contribution in [0.25, 0.3) is 0 Å². The number of piperidine rings is 1. The van der Waals surface area contributed by atoms with E-state index in [1.54, 1.807) is 17.1 Å². The summed E-state index contributed by atoms with van der Waals surface area (Å²) in [5, 5.41) is 25.5. The molecule has 0 amide bonds. The second-order valence-corrected chi connectivity index (χ2v) is 6.47. The van der Waals surface area contributed by atoms with Crippen LogP contribution in [0.4, 0.5) is 0 Å². The van der Waals surface area contributed by atoms with E-state index in [2.05, 4.69) is 26.0 Å². The minimum atomic E-state index is -0.783. The molecule has 0 bridgehead atoms. The third kappa shape index (κ3) is 4.15. The highest BCUT2D eigenvalue weighted by atomic mass is 32.2. The molecule has 1 fully saturated rings. The molecular formula is C14H18N6O3S. The van der Waals surface area contributed by atoms with Gasteiger partial charge in [-0.3, -0.25) is 4.79 Å². The molecule has 2 atom stereocenters. The van der Waals surface area contributed by atoms with Gasteiger partial charge in [-0.1, -0.05) is 0 Å². The first kappa shape index (κ1) is 16.5. The van der Waals surface area contributed by atoms with Crippen molar-refractivity contribution >= 4 is 23.9 Å². The molecule has 0 aromatic carbocycles. The Hall–Kier alpha value is -2.33. The number of aryl methyl sites for hydroxylation is 1. The van der Waals surface area contributed by atoms with E-state index in [0.29, 0.717) is 30.4 Å². The van der Waals surface area contributed by atoms with E-state index in [9.17, 15) is 4.79 Å². The predicted octanol–water partition coefficient (Wildman–Crippen LogP) is 0.545. The van der Waals surface area contributed by atoms with Gasteiger partial charge in [0.05, 0.1) is 18.2 Å². The highest BCUT2D eigenvalue weighted by Gasteiger charge is 2.26. The van der Waals surface area contributed by atoms with Crippen molar-refractivity contribution in [3.05, 3.63) is 24.2 Å². The number of carbonyl (C=O) groups is 1. The Morgan fingerprint density at radius 2 is 2.46 bits per heavy atom. The first-order chi connectivity index (χ1) is 11.6. The van der Waals surface area contributed by atoms with Crippen LogP contribution in [0.5, 0.6) is 0 Å². The van der Waals surface area contributed by atoms with Crippen LogP contribution in [0, 0.1) is 5.92 Å². The Bertz CT molecular complexity index is 728. The lowest BCUT2D eigenvalue weighted by atomic mass is 9.96. The zero-order valence-electron chi connectivity index (χ0n) is 13.0. The van der Waals surface area contributed by atoms with Gasteiger partial charge >= 0.3 is 5.97 Å². The van der Waals surface area contributed by atoms with Gasteiger partial charge in [0, 0.05) is 20.1 Å².